The molecule has 0 aromatic heterocycles. The summed E-state index contributed by atoms with van der Waals surface area (Å²) in [5.74, 6) is 1.16. The Morgan fingerprint density at radius 1 is 1.04 bits per heavy atom. The number of methoxy groups -OCH3 is 1. The van der Waals surface area contributed by atoms with Crippen LogP contribution in [0.4, 0.5) is 0 Å². The van der Waals surface area contributed by atoms with Crippen LogP contribution in [0, 0.1) is 0 Å². The predicted molar refractivity (Wildman–Crippen MR) is 99.4 cm³/mol. The molecule has 0 aliphatic carbocycles. The molecule has 1 aliphatic heterocycles. The average Bonchev–Trinajstić information content (AvgIpc) is 3.12. The fourth-order valence-electron chi connectivity index (χ4n) is 3.35. The van der Waals surface area contributed by atoms with Crippen LogP contribution in [0.3, 0.4) is 0 Å². The maximum atomic E-state index is 13.1. The Bertz CT molecular complexity index is 811. The minimum atomic E-state index is -3.49. The molecule has 0 amide bonds. The van der Waals surface area contributed by atoms with E-state index in [4.69, 9.17) is 4.74 Å². The first-order chi connectivity index (χ1) is 11.9. The molecular weight excluding hydrogens is 334 g/mol. The largest absolute Gasteiger partial charge is 0.497 e. The number of sulfonamides is 1. The minimum Gasteiger partial charge on any atom is -0.497 e. The van der Waals surface area contributed by atoms with Crippen molar-refractivity contribution in [2.24, 2.45) is 0 Å². The van der Waals surface area contributed by atoms with Crippen LogP contribution < -0.4 is 4.74 Å². The lowest BCUT2D eigenvalue weighted by atomic mass is 10.0. The van der Waals surface area contributed by atoms with Gasteiger partial charge in [0.05, 0.1) is 18.0 Å². The maximum absolute atomic E-state index is 13.1. The van der Waals surface area contributed by atoms with Gasteiger partial charge in [-0.2, -0.15) is 4.31 Å². The Balaban J connectivity index is 1.89. The number of benzene rings is 2. The van der Waals surface area contributed by atoms with Crippen molar-refractivity contribution in [3.05, 3.63) is 59.7 Å². The molecular formula is C20H25NO3S. The molecule has 1 saturated heterocycles. The zero-order valence-electron chi connectivity index (χ0n) is 15.0. The highest BCUT2D eigenvalue weighted by atomic mass is 32.2. The topological polar surface area (TPSA) is 46.6 Å². The van der Waals surface area contributed by atoms with Crippen molar-refractivity contribution in [2.75, 3.05) is 13.7 Å². The van der Waals surface area contributed by atoms with Crippen molar-refractivity contribution in [2.45, 2.75) is 43.5 Å². The van der Waals surface area contributed by atoms with Gasteiger partial charge in [0.15, 0.2) is 0 Å². The second kappa shape index (κ2) is 7.18. The summed E-state index contributed by atoms with van der Waals surface area (Å²) >= 11 is 0. The molecule has 1 unspecified atom stereocenters. The van der Waals surface area contributed by atoms with Crippen LogP contribution in [-0.4, -0.2) is 26.4 Å². The van der Waals surface area contributed by atoms with Crippen molar-refractivity contribution in [3.63, 3.8) is 0 Å². The highest BCUT2D eigenvalue weighted by molar-refractivity contribution is 7.89. The number of hydrogen-bond donors (Lipinski definition) is 0. The van der Waals surface area contributed by atoms with E-state index in [9.17, 15) is 8.42 Å². The van der Waals surface area contributed by atoms with Crippen molar-refractivity contribution in [3.8, 4) is 5.75 Å². The van der Waals surface area contributed by atoms with E-state index in [2.05, 4.69) is 13.8 Å². The number of nitrogens with zero attached hydrogens (tertiary/aromatic N) is 1. The third-order valence-electron chi connectivity index (χ3n) is 4.86. The van der Waals surface area contributed by atoms with Gasteiger partial charge in [-0.15, -0.1) is 0 Å². The summed E-state index contributed by atoms with van der Waals surface area (Å²) in [7, 11) is -1.86. The molecule has 1 heterocycles. The third-order valence-corrected chi connectivity index (χ3v) is 6.78. The van der Waals surface area contributed by atoms with Crippen LogP contribution in [-0.2, 0) is 10.0 Å². The number of hydrogen-bond acceptors (Lipinski definition) is 3. The van der Waals surface area contributed by atoms with E-state index in [0.717, 1.165) is 29.7 Å². The Morgan fingerprint density at radius 2 is 1.68 bits per heavy atom. The first kappa shape index (κ1) is 18.0. The van der Waals surface area contributed by atoms with E-state index in [1.54, 1.807) is 23.5 Å². The zero-order chi connectivity index (χ0) is 18.0. The van der Waals surface area contributed by atoms with Crippen LogP contribution in [0.1, 0.15) is 49.8 Å². The van der Waals surface area contributed by atoms with Gasteiger partial charge < -0.3 is 4.74 Å². The molecule has 25 heavy (non-hydrogen) atoms. The lowest BCUT2D eigenvalue weighted by Crippen LogP contribution is -2.30. The quantitative estimate of drug-likeness (QED) is 0.797. The highest BCUT2D eigenvalue weighted by Gasteiger charge is 2.36. The molecule has 3 rings (SSSR count). The van der Waals surface area contributed by atoms with Gasteiger partial charge in [0, 0.05) is 6.54 Å². The van der Waals surface area contributed by atoms with Gasteiger partial charge in [-0.25, -0.2) is 8.42 Å². The number of rotatable bonds is 5. The average molecular weight is 359 g/mol. The van der Waals surface area contributed by atoms with Crippen LogP contribution >= 0.6 is 0 Å². The molecule has 0 N–H and O–H groups in total. The van der Waals surface area contributed by atoms with E-state index < -0.39 is 10.0 Å². The van der Waals surface area contributed by atoms with Crippen LogP contribution in [0.5, 0.6) is 5.75 Å². The smallest absolute Gasteiger partial charge is 0.243 e. The fraction of sp³-hybridized carbons (Fsp3) is 0.400. The molecule has 5 heteroatoms. The van der Waals surface area contributed by atoms with Crippen molar-refractivity contribution in [1.29, 1.82) is 0 Å². The second-order valence-electron chi connectivity index (χ2n) is 6.77. The fourth-order valence-corrected chi connectivity index (χ4v) is 5.03. The lowest BCUT2D eigenvalue weighted by Gasteiger charge is -2.25. The lowest BCUT2D eigenvalue weighted by molar-refractivity contribution is 0.394. The van der Waals surface area contributed by atoms with E-state index in [0.29, 0.717) is 17.4 Å². The molecule has 0 bridgehead atoms. The molecule has 2 aromatic carbocycles. The monoisotopic (exact) mass is 359 g/mol. The second-order valence-corrected chi connectivity index (χ2v) is 8.66. The normalized spacial score (nSPS) is 18.6. The molecule has 4 nitrogen and oxygen atoms in total. The van der Waals surface area contributed by atoms with Gasteiger partial charge >= 0.3 is 0 Å². The van der Waals surface area contributed by atoms with Gasteiger partial charge in [0.1, 0.15) is 5.75 Å². The van der Waals surface area contributed by atoms with Crippen LogP contribution in [0.2, 0.25) is 0 Å². The van der Waals surface area contributed by atoms with E-state index >= 15 is 0 Å². The van der Waals surface area contributed by atoms with Gasteiger partial charge in [-0.05, 0) is 54.2 Å². The Hall–Kier alpha value is -1.85. The summed E-state index contributed by atoms with van der Waals surface area (Å²) in [6.45, 7) is 4.76. The molecule has 0 spiro atoms. The van der Waals surface area contributed by atoms with Crippen molar-refractivity contribution in [1.82, 2.24) is 4.31 Å². The standard InChI is InChI=1S/C20H25NO3S/c1-15(2)16-8-12-19(13-9-16)25(22,23)21-14-4-5-20(21)17-6-10-18(24-3)11-7-17/h6-13,15,20H,4-5,14H2,1-3H3. The van der Waals surface area contributed by atoms with E-state index in [1.807, 2.05) is 36.4 Å². The molecule has 0 saturated carbocycles. The van der Waals surface area contributed by atoms with Crippen LogP contribution in [0.25, 0.3) is 0 Å². The maximum Gasteiger partial charge on any atom is 0.243 e. The van der Waals surface area contributed by atoms with Crippen molar-refractivity contribution < 1.29 is 13.2 Å². The Morgan fingerprint density at radius 3 is 2.24 bits per heavy atom. The van der Waals surface area contributed by atoms with E-state index in [-0.39, 0.29) is 6.04 Å². The summed E-state index contributed by atoms with van der Waals surface area (Å²) in [5.41, 5.74) is 2.16. The molecule has 1 fully saturated rings. The summed E-state index contributed by atoms with van der Waals surface area (Å²) in [4.78, 5) is 0.373. The first-order valence-corrected chi connectivity index (χ1v) is 10.1. The van der Waals surface area contributed by atoms with E-state index in [1.165, 1.54) is 0 Å². The van der Waals surface area contributed by atoms with Gasteiger partial charge in [-0.1, -0.05) is 38.1 Å². The molecule has 1 aliphatic rings. The summed E-state index contributed by atoms with van der Waals surface area (Å²) in [6, 6.07) is 14.9. The zero-order valence-corrected chi connectivity index (χ0v) is 15.8. The Kier molecular flexibility index (Phi) is 5.16. The van der Waals surface area contributed by atoms with Gasteiger partial charge in [0.2, 0.25) is 10.0 Å². The third kappa shape index (κ3) is 3.58. The predicted octanol–water partition coefficient (Wildman–Crippen LogP) is 4.34. The summed E-state index contributed by atoms with van der Waals surface area (Å²) in [5, 5.41) is 0. The van der Waals surface area contributed by atoms with Gasteiger partial charge in [-0.3, -0.25) is 0 Å². The molecule has 2 aromatic rings. The molecule has 0 radical (unpaired) electrons. The molecule has 1 atom stereocenters. The Labute approximate surface area is 150 Å². The highest BCUT2D eigenvalue weighted by Crippen LogP contribution is 2.37. The molecule has 134 valence electrons. The minimum absolute atomic E-state index is 0.110. The van der Waals surface area contributed by atoms with Crippen molar-refractivity contribution >= 4 is 10.0 Å². The first-order valence-electron chi connectivity index (χ1n) is 8.69. The SMILES string of the molecule is COc1ccc(C2CCCN2S(=O)(=O)c2ccc(C(C)C)cc2)cc1. The number of ether oxygens (including phenoxy) is 1. The summed E-state index contributed by atoms with van der Waals surface area (Å²) in [6.07, 6.45) is 1.72. The van der Waals surface area contributed by atoms with Gasteiger partial charge in [0.25, 0.3) is 0 Å². The summed E-state index contributed by atoms with van der Waals surface area (Å²) < 4.78 is 33.1. The van der Waals surface area contributed by atoms with Crippen LogP contribution in [0.15, 0.2) is 53.4 Å².